The van der Waals surface area contributed by atoms with E-state index in [0.717, 1.165) is 18.8 Å². The molecule has 0 amide bonds. The van der Waals surface area contributed by atoms with Gasteiger partial charge in [0.15, 0.2) is 0 Å². The number of benzene rings is 1. The Labute approximate surface area is 128 Å². The minimum atomic E-state index is -0.186. The van der Waals surface area contributed by atoms with Crippen LogP contribution >= 0.6 is 0 Å². The third kappa shape index (κ3) is 3.78. The van der Waals surface area contributed by atoms with Gasteiger partial charge in [0.05, 0.1) is 12.7 Å². The van der Waals surface area contributed by atoms with Crippen LogP contribution in [0.1, 0.15) is 52.6 Å². The summed E-state index contributed by atoms with van der Waals surface area (Å²) in [5.74, 6) is 1.47. The molecule has 21 heavy (non-hydrogen) atoms. The lowest BCUT2D eigenvalue weighted by atomic mass is 9.64. The molecule has 1 aliphatic carbocycles. The first-order valence-corrected chi connectivity index (χ1v) is 7.97. The highest BCUT2D eigenvalue weighted by Gasteiger charge is 2.47. The Morgan fingerprint density at radius 2 is 1.86 bits per heavy atom. The lowest BCUT2D eigenvalue weighted by molar-refractivity contribution is -0.0754. The number of hydrogen-bond donors (Lipinski definition) is 2. The van der Waals surface area contributed by atoms with Crippen LogP contribution in [-0.4, -0.2) is 23.9 Å². The summed E-state index contributed by atoms with van der Waals surface area (Å²) in [5.41, 5.74) is 1.22. The maximum Gasteiger partial charge on any atom is 0.119 e. The average Bonchev–Trinajstić information content (AvgIpc) is 2.45. The van der Waals surface area contributed by atoms with Crippen molar-refractivity contribution < 1.29 is 9.84 Å². The Kier molecular flexibility index (Phi) is 4.95. The van der Waals surface area contributed by atoms with Gasteiger partial charge >= 0.3 is 0 Å². The summed E-state index contributed by atoms with van der Waals surface area (Å²) in [4.78, 5) is 0. The van der Waals surface area contributed by atoms with Crippen LogP contribution < -0.4 is 10.1 Å². The predicted octanol–water partition coefficient (Wildman–Crippen LogP) is 3.53. The van der Waals surface area contributed by atoms with E-state index in [2.05, 4.69) is 52.1 Å². The molecule has 118 valence electrons. The highest BCUT2D eigenvalue weighted by atomic mass is 16.5. The first kappa shape index (κ1) is 16.3. The van der Waals surface area contributed by atoms with Gasteiger partial charge in [-0.3, -0.25) is 0 Å². The molecule has 0 heterocycles. The molecule has 1 aliphatic rings. The largest absolute Gasteiger partial charge is 0.493 e. The van der Waals surface area contributed by atoms with Crippen LogP contribution in [0.5, 0.6) is 5.75 Å². The molecule has 2 rings (SSSR count). The minimum Gasteiger partial charge on any atom is -0.493 e. The fraction of sp³-hybridized carbons (Fsp3) is 0.667. The third-order valence-electron chi connectivity index (χ3n) is 4.63. The second-order valence-corrected chi connectivity index (χ2v) is 7.29. The van der Waals surface area contributed by atoms with Crippen LogP contribution in [-0.2, 0) is 0 Å². The smallest absolute Gasteiger partial charge is 0.119 e. The molecule has 0 radical (unpaired) electrons. The zero-order valence-electron chi connectivity index (χ0n) is 13.9. The van der Waals surface area contributed by atoms with E-state index in [1.807, 2.05) is 12.1 Å². The highest BCUT2D eigenvalue weighted by molar-refractivity contribution is 5.29. The number of nitrogens with one attached hydrogen (secondary N) is 1. The molecular formula is C18H29NO2. The van der Waals surface area contributed by atoms with Crippen molar-refractivity contribution in [2.24, 2.45) is 11.3 Å². The normalized spacial score (nSPS) is 25.5. The Morgan fingerprint density at radius 3 is 2.33 bits per heavy atom. The van der Waals surface area contributed by atoms with Crippen molar-refractivity contribution >= 4 is 0 Å². The predicted molar refractivity (Wildman–Crippen MR) is 86.5 cm³/mol. The van der Waals surface area contributed by atoms with E-state index in [9.17, 15) is 5.11 Å². The molecule has 0 saturated heterocycles. The van der Waals surface area contributed by atoms with Crippen molar-refractivity contribution in [2.75, 3.05) is 6.61 Å². The molecule has 1 aromatic carbocycles. The monoisotopic (exact) mass is 291 g/mol. The van der Waals surface area contributed by atoms with Gasteiger partial charge in [-0.05, 0) is 37.0 Å². The number of rotatable bonds is 6. The van der Waals surface area contributed by atoms with Gasteiger partial charge in [0.2, 0.25) is 0 Å². The summed E-state index contributed by atoms with van der Waals surface area (Å²) < 4.78 is 5.71. The Balaban J connectivity index is 1.90. The summed E-state index contributed by atoms with van der Waals surface area (Å²) in [6, 6.07) is 8.97. The molecule has 1 aromatic rings. The van der Waals surface area contributed by atoms with E-state index < -0.39 is 0 Å². The molecule has 3 atom stereocenters. The maximum absolute atomic E-state index is 9.81. The van der Waals surface area contributed by atoms with Gasteiger partial charge in [-0.25, -0.2) is 0 Å². The Bertz CT molecular complexity index is 453. The Hall–Kier alpha value is -1.06. The first-order chi connectivity index (χ1) is 9.80. The van der Waals surface area contributed by atoms with Gasteiger partial charge in [0, 0.05) is 17.5 Å². The lowest BCUT2D eigenvalue weighted by Crippen LogP contribution is -2.60. The number of hydrogen-bond acceptors (Lipinski definition) is 3. The molecule has 1 fully saturated rings. The summed E-state index contributed by atoms with van der Waals surface area (Å²) in [6.07, 6.45) is 0.654. The zero-order valence-corrected chi connectivity index (χ0v) is 13.9. The molecule has 2 N–H and O–H groups in total. The molecule has 3 heteroatoms. The molecule has 3 unspecified atom stereocenters. The molecule has 0 aliphatic heterocycles. The average molecular weight is 291 g/mol. The maximum atomic E-state index is 9.81. The van der Waals surface area contributed by atoms with E-state index in [1.54, 1.807) is 0 Å². The van der Waals surface area contributed by atoms with E-state index in [-0.39, 0.29) is 17.6 Å². The van der Waals surface area contributed by atoms with E-state index >= 15 is 0 Å². The van der Waals surface area contributed by atoms with Crippen molar-refractivity contribution in [2.45, 2.75) is 59.2 Å². The van der Waals surface area contributed by atoms with Crippen LogP contribution in [0.15, 0.2) is 24.3 Å². The highest BCUT2D eigenvalue weighted by Crippen LogP contribution is 2.41. The molecule has 0 aromatic heterocycles. The van der Waals surface area contributed by atoms with Crippen molar-refractivity contribution in [3.63, 3.8) is 0 Å². The summed E-state index contributed by atoms with van der Waals surface area (Å²) in [6.45, 7) is 11.5. The van der Waals surface area contributed by atoms with E-state index in [4.69, 9.17) is 4.74 Å². The van der Waals surface area contributed by atoms with Crippen LogP contribution in [0.4, 0.5) is 0 Å². The minimum absolute atomic E-state index is 0.0332. The van der Waals surface area contributed by atoms with Gasteiger partial charge in [-0.1, -0.05) is 39.8 Å². The number of aliphatic hydroxyl groups excluding tert-OH is 1. The summed E-state index contributed by atoms with van der Waals surface area (Å²) in [5, 5.41) is 13.4. The topological polar surface area (TPSA) is 41.5 Å². The SMILES string of the molecule is CC(C)COc1ccc(C(C)NC2CC(O)C2(C)C)cc1. The fourth-order valence-corrected chi connectivity index (χ4v) is 2.70. The Morgan fingerprint density at radius 1 is 1.24 bits per heavy atom. The summed E-state index contributed by atoms with van der Waals surface area (Å²) in [7, 11) is 0. The van der Waals surface area contributed by atoms with Gasteiger partial charge in [0.25, 0.3) is 0 Å². The lowest BCUT2D eigenvalue weighted by Gasteiger charge is -2.50. The molecular weight excluding hydrogens is 262 g/mol. The second-order valence-electron chi connectivity index (χ2n) is 7.29. The molecule has 0 bridgehead atoms. The van der Waals surface area contributed by atoms with Crippen molar-refractivity contribution in [1.82, 2.24) is 5.32 Å². The number of ether oxygens (including phenoxy) is 1. The van der Waals surface area contributed by atoms with Crippen LogP contribution in [0.3, 0.4) is 0 Å². The van der Waals surface area contributed by atoms with Crippen molar-refractivity contribution in [3.05, 3.63) is 29.8 Å². The summed E-state index contributed by atoms with van der Waals surface area (Å²) >= 11 is 0. The van der Waals surface area contributed by atoms with E-state index in [0.29, 0.717) is 12.0 Å². The van der Waals surface area contributed by atoms with Crippen molar-refractivity contribution in [3.8, 4) is 5.75 Å². The van der Waals surface area contributed by atoms with Crippen LogP contribution in [0.25, 0.3) is 0 Å². The standard InChI is InChI=1S/C18H29NO2/c1-12(2)11-21-15-8-6-14(7-9-15)13(3)19-16-10-17(20)18(16,4)5/h6-9,12-13,16-17,19-20H,10-11H2,1-5H3. The fourth-order valence-electron chi connectivity index (χ4n) is 2.70. The molecule has 3 nitrogen and oxygen atoms in total. The third-order valence-corrected chi connectivity index (χ3v) is 4.63. The van der Waals surface area contributed by atoms with Gasteiger partial charge in [-0.2, -0.15) is 0 Å². The van der Waals surface area contributed by atoms with Crippen LogP contribution in [0.2, 0.25) is 0 Å². The van der Waals surface area contributed by atoms with Gasteiger partial charge < -0.3 is 15.2 Å². The van der Waals surface area contributed by atoms with Gasteiger partial charge in [0.1, 0.15) is 5.75 Å². The van der Waals surface area contributed by atoms with E-state index in [1.165, 1.54) is 5.56 Å². The molecule has 1 saturated carbocycles. The van der Waals surface area contributed by atoms with Crippen LogP contribution in [0, 0.1) is 11.3 Å². The number of aliphatic hydroxyl groups is 1. The zero-order chi connectivity index (χ0) is 15.6. The quantitative estimate of drug-likeness (QED) is 0.842. The second kappa shape index (κ2) is 6.37. The van der Waals surface area contributed by atoms with Crippen molar-refractivity contribution in [1.29, 1.82) is 0 Å². The van der Waals surface area contributed by atoms with Gasteiger partial charge in [-0.15, -0.1) is 0 Å². The first-order valence-electron chi connectivity index (χ1n) is 7.97. The molecule has 0 spiro atoms.